The van der Waals surface area contributed by atoms with Crippen LogP contribution in [0.2, 0.25) is 0 Å². The second-order valence-electron chi connectivity index (χ2n) is 2.63. The number of halogens is 3. The van der Waals surface area contributed by atoms with Crippen molar-refractivity contribution in [2.45, 2.75) is 12.3 Å². The first-order valence-electron chi connectivity index (χ1n) is 3.87. The number of nitriles is 1. The van der Waals surface area contributed by atoms with Crippen molar-refractivity contribution >= 4 is 17.9 Å². The molecular weight excluding hydrogens is 226 g/mol. The third-order valence-corrected chi connectivity index (χ3v) is 2.04. The van der Waals surface area contributed by atoms with Crippen LogP contribution >= 0.6 is 11.6 Å². The van der Waals surface area contributed by atoms with Crippen molar-refractivity contribution in [3.8, 4) is 6.07 Å². The average Bonchev–Trinajstić information content (AvgIpc) is 2.26. The monoisotopic (exact) mass is 230 g/mol. The normalized spacial score (nSPS) is 10.1. The maximum atomic E-state index is 12.5. The Kier molecular flexibility index (Phi) is 3.69. The summed E-state index contributed by atoms with van der Waals surface area (Å²) in [5, 5.41) is 8.64. The van der Waals surface area contributed by atoms with E-state index >= 15 is 0 Å². The highest BCUT2D eigenvalue weighted by molar-refractivity contribution is 6.17. The van der Waals surface area contributed by atoms with Gasteiger partial charge in [0.05, 0.1) is 5.88 Å². The Morgan fingerprint density at radius 2 is 2.33 bits per heavy atom. The molecule has 0 aliphatic carbocycles. The van der Waals surface area contributed by atoms with Gasteiger partial charge < -0.3 is 0 Å². The smallest absolute Gasteiger partial charge is 0.264 e. The first kappa shape index (κ1) is 11.5. The van der Waals surface area contributed by atoms with Crippen molar-refractivity contribution in [2.75, 3.05) is 0 Å². The number of hydrogen-bond donors (Lipinski definition) is 0. The largest absolute Gasteiger partial charge is 0.296 e. The minimum Gasteiger partial charge on any atom is -0.296 e. The highest BCUT2D eigenvalue weighted by Gasteiger charge is 2.18. The van der Waals surface area contributed by atoms with Crippen molar-refractivity contribution in [3.05, 3.63) is 28.6 Å². The second-order valence-corrected chi connectivity index (χ2v) is 2.89. The van der Waals surface area contributed by atoms with E-state index in [1.807, 2.05) is 0 Å². The third kappa shape index (κ3) is 2.28. The van der Waals surface area contributed by atoms with Gasteiger partial charge in [-0.2, -0.15) is 5.26 Å². The summed E-state index contributed by atoms with van der Waals surface area (Å²) in [4.78, 5) is 14.0. The van der Waals surface area contributed by atoms with Crippen molar-refractivity contribution in [3.63, 3.8) is 0 Å². The van der Waals surface area contributed by atoms with Crippen LogP contribution < -0.4 is 0 Å². The SMILES string of the molecule is N#Cc1nc(C=O)cc(C(F)F)c1CCl. The molecule has 0 bridgehead atoms. The van der Waals surface area contributed by atoms with E-state index in [0.717, 1.165) is 6.07 Å². The van der Waals surface area contributed by atoms with Gasteiger partial charge in [-0.25, -0.2) is 13.8 Å². The molecule has 0 amide bonds. The topological polar surface area (TPSA) is 53.8 Å². The van der Waals surface area contributed by atoms with Crippen LogP contribution in [0, 0.1) is 11.3 Å². The number of pyridine rings is 1. The minimum atomic E-state index is -2.78. The Morgan fingerprint density at radius 3 is 2.73 bits per heavy atom. The second kappa shape index (κ2) is 4.80. The summed E-state index contributed by atoms with van der Waals surface area (Å²) in [5.74, 6) is -0.241. The average molecular weight is 231 g/mol. The summed E-state index contributed by atoms with van der Waals surface area (Å²) in [5.41, 5.74) is -0.876. The van der Waals surface area contributed by atoms with Crippen LogP contribution in [0.4, 0.5) is 8.78 Å². The van der Waals surface area contributed by atoms with Gasteiger partial charge in [0.1, 0.15) is 17.5 Å². The molecule has 0 saturated heterocycles. The van der Waals surface area contributed by atoms with Crippen molar-refractivity contribution in [1.29, 1.82) is 5.26 Å². The van der Waals surface area contributed by atoms with Gasteiger partial charge in [0.2, 0.25) is 0 Å². The molecule has 6 heteroatoms. The summed E-state index contributed by atoms with van der Waals surface area (Å²) < 4.78 is 25.1. The number of alkyl halides is 3. The van der Waals surface area contributed by atoms with Crippen LogP contribution in [0.1, 0.15) is 33.7 Å². The summed E-state index contributed by atoms with van der Waals surface area (Å²) in [6.07, 6.45) is -2.47. The summed E-state index contributed by atoms with van der Waals surface area (Å²) in [6.45, 7) is 0. The van der Waals surface area contributed by atoms with Gasteiger partial charge in [-0.05, 0) is 6.07 Å². The maximum Gasteiger partial charge on any atom is 0.264 e. The molecule has 15 heavy (non-hydrogen) atoms. The van der Waals surface area contributed by atoms with Crippen LogP contribution in [0.3, 0.4) is 0 Å². The van der Waals surface area contributed by atoms with E-state index in [1.54, 1.807) is 6.07 Å². The highest BCUT2D eigenvalue weighted by atomic mass is 35.5. The van der Waals surface area contributed by atoms with Gasteiger partial charge in [-0.15, -0.1) is 11.6 Å². The van der Waals surface area contributed by atoms with E-state index in [2.05, 4.69) is 4.98 Å². The molecule has 0 aromatic carbocycles. The number of aldehydes is 1. The summed E-state index contributed by atoms with van der Waals surface area (Å²) in [7, 11) is 0. The van der Waals surface area contributed by atoms with E-state index < -0.39 is 12.0 Å². The lowest BCUT2D eigenvalue weighted by Gasteiger charge is -2.07. The quantitative estimate of drug-likeness (QED) is 0.592. The molecule has 3 nitrogen and oxygen atoms in total. The van der Waals surface area contributed by atoms with Gasteiger partial charge in [-0.3, -0.25) is 4.79 Å². The Labute approximate surface area is 89.3 Å². The first-order valence-corrected chi connectivity index (χ1v) is 4.40. The summed E-state index contributed by atoms with van der Waals surface area (Å²) >= 11 is 5.44. The lowest BCUT2D eigenvalue weighted by atomic mass is 10.1. The van der Waals surface area contributed by atoms with Gasteiger partial charge in [0, 0.05) is 11.1 Å². The minimum absolute atomic E-state index is 0.0280. The molecular formula is C9H5ClF2N2O. The molecule has 0 saturated carbocycles. The van der Waals surface area contributed by atoms with Gasteiger partial charge in [0.15, 0.2) is 6.29 Å². The lowest BCUT2D eigenvalue weighted by molar-refractivity contribution is 0.111. The van der Waals surface area contributed by atoms with Crippen LogP contribution in [-0.4, -0.2) is 11.3 Å². The zero-order valence-corrected chi connectivity index (χ0v) is 8.13. The van der Waals surface area contributed by atoms with E-state index in [4.69, 9.17) is 16.9 Å². The fraction of sp³-hybridized carbons (Fsp3) is 0.222. The maximum absolute atomic E-state index is 12.5. The van der Waals surface area contributed by atoms with Crippen LogP contribution in [0.25, 0.3) is 0 Å². The molecule has 78 valence electrons. The molecule has 1 heterocycles. The molecule has 1 rings (SSSR count). The van der Waals surface area contributed by atoms with Crippen LogP contribution in [-0.2, 0) is 5.88 Å². The van der Waals surface area contributed by atoms with Crippen molar-refractivity contribution in [2.24, 2.45) is 0 Å². The number of nitrogens with zero attached hydrogens (tertiary/aromatic N) is 2. The van der Waals surface area contributed by atoms with Gasteiger partial charge in [0.25, 0.3) is 6.43 Å². The van der Waals surface area contributed by atoms with Crippen LogP contribution in [0.15, 0.2) is 6.07 Å². The van der Waals surface area contributed by atoms with Gasteiger partial charge >= 0.3 is 0 Å². The predicted molar refractivity (Wildman–Crippen MR) is 48.9 cm³/mol. The van der Waals surface area contributed by atoms with Gasteiger partial charge in [-0.1, -0.05) is 0 Å². The Bertz CT molecular complexity index is 429. The lowest BCUT2D eigenvalue weighted by Crippen LogP contribution is -2.02. The van der Waals surface area contributed by atoms with Crippen molar-refractivity contribution in [1.82, 2.24) is 4.98 Å². The van der Waals surface area contributed by atoms with E-state index in [9.17, 15) is 13.6 Å². The molecule has 1 aromatic heterocycles. The van der Waals surface area contributed by atoms with Crippen LogP contribution in [0.5, 0.6) is 0 Å². The number of rotatable bonds is 3. The standard InChI is InChI=1S/C9H5ClF2N2O/c10-2-7-6(9(11)12)1-5(4-15)14-8(7)3-13/h1,4,9H,2H2. The fourth-order valence-electron chi connectivity index (χ4n) is 1.10. The molecule has 0 aliphatic rings. The predicted octanol–water partition coefficient (Wildman–Crippen LogP) is 2.44. The zero-order chi connectivity index (χ0) is 11.4. The van der Waals surface area contributed by atoms with E-state index in [-0.39, 0.29) is 22.8 Å². The molecule has 0 fully saturated rings. The molecule has 0 aliphatic heterocycles. The molecule has 0 N–H and O–H groups in total. The Balaban J connectivity index is 3.47. The van der Waals surface area contributed by atoms with E-state index in [1.165, 1.54) is 0 Å². The third-order valence-electron chi connectivity index (χ3n) is 1.77. The highest BCUT2D eigenvalue weighted by Crippen LogP contribution is 2.26. The zero-order valence-electron chi connectivity index (χ0n) is 7.38. The fourth-order valence-corrected chi connectivity index (χ4v) is 1.38. The molecule has 0 radical (unpaired) electrons. The Hall–Kier alpha value is -1.54. The first-order chi connectivity index (χ1) is 7.13. The number of hydrogen-bond acceptors (Lipinski definition) is 3. The molecule has 1 aromatic rings. The molecule has 0 spiro atoms. The number of carbonyl (C=O) groups is 1. The number of carbonyl (C=O) groups excluding carboxylic acids is 1. The summed E-state index contributed by atoms with van der Waals surface area (Å²) in [6, 6.07) is 2.57. The number of aromatic nitrogens is 1. The van der Waals surface area contributed by atoms with Crippen molar-refractivity contribution < 1.29 is 13.6 Å². The Morgan fingerprint density at radius 1 is 1.67 bits per heavy atom. The molecule has 0 unspecified atom stereocenters. The molecule has 0 atom stereocenters. The van der Waals surface area contributed by atoms with E-state index in [0.29, 0.717) is 6.29 Å².